The Morgan fingerprint density at radius 3 is 2.64 bits per heavy atom. The molecule has 0 spiro atoms. The average Bonchev–Trinajstić information content (AvgIpc) is 3.42. The number of amides is 1. The summed E-state index contributed by atoms with van der Waals surface area (Å²) in [5.41, 5.74) is 4.07. The van der Waals surface area contributed by atoms with Gasteiger partial charge in [-0.3, -0.25) is 9.78 Å². The summed E-state index contributed by atoms with van der Waals surface area (Å²) in [6, 6.07) is 8.14. The first-order valence-corrected chi connectivity index (χ1v) is 8.71. The van der Waals surface area contributed by atoms with Gasteiger partial charge in [0.2, 0.25) is 11.8 Å². The second kappa shape index (κ2) is 6.67. The van der Waals surface area contributed by atoms with Gasteiger partial charge in [0.05, 0.1) is 12.8 Å². The van der Waals surface area contributed by atoms with Gasteiger partial charge in [-0.1, -0.05) is 12.1 Å². The number of hydrogen-bond acceptors (Lipinski definition) is 4. The normalized spacial score (nSPS) is 20.4. The number of hydrogen-bond donors (Lipinski definition) is 1. The van der Waals surface area contributed by atoms with E-state index in [9.17, 15) is 4.79 Å². The fraction of sp³-hybridized carbons (Fsp3) is 0.350. The molecule has 1 saturated heterocycles. The Bertz CT molecular complexity index is 813. The minimum absolute atomic E-state index is 0.0339. The molecule has 1 aliphatic carbocycles. The highest BCUT2D eigenvalue weighted by molar-refractivity contribution is 5.82. The Labute approximate surface area is 147 Å². The van der Waals surface area contributed by atoms with Crippen LogP contribution in [0.4, 0.5) is 0 Å². The molecule has 0 unspecified atom stereocenters. The molecular formula is C20H21N3O2. The molecule has 128 valence electrons. The van der Waals surface area contributed by atoms with Crippen molar-refractivity contribution in [2.45, 2.75) is 37.6 Å². The largest absolute Gasteiger partial charge is 0.481 e. The van der Waals surface area contributed by atoms with Crippen LogP contribution in [-0.4, -0.2) is 29.0 Å². The quantitative estimate of drug-likeness (QED) is 0.912. The van der Waals surface area contributed by atoms with Crippen LogP contribution in [0.3, 0.4) is 0 Å². The molecule has 1 amide bonds. The zero-order valence-corrected chi connectivity index (χ0v) is 14.2. The number of nitrogens with zero attached hydrogens (tertiary/aromatic N) is 2. The fourth-order valence-electron chi connectivity index (χ4n) is 3.29. The zero-order chi connectivity index (χ0) is 17.2. The summed E-state index contributed by atoms with van der Waals surface area (Å²) in [4.78, 5) is 20.4. The van der Waals surface area contributed by atoms with E-state index < -0.39 is 0 Å². The number of carbonyl (C=O) groups excluding carboxylic acids is 1. The van der Waals surface area contributed by atoms with Crippen molar-refractivity contribution in [2.75, 3.05) is 7.11 Å². The van der Waals surface area contributed by atoms with Crippen molar-refractivity contribution in [1.82, 2.24) is 15.3 Å². The van der Waals surface area contributed by atoms with Crippen LogP contribution in [0.15, 0.2) is 42.7 Å². The Morgan fingerprint density at radius 2 is 2.00 bits per heavy atom. The molecule has 2 aromatic rings. The van der Waals surface area contributed by atoms with Crippen molar-refractivity contribution in [1.29, 1.82) is 0 Å². The van der Waals surface area contributed by atoms with Crippen molar-refractivity contribution in [3.8, 4) is 5.88 Å². The Balaban J connectivity index is 1.75. The van der Waals surface area contributed by atoms with E-state index >= 15 is 0 Å². The molecule has 5 nitrogen and oxygen atoms in total. The number of methoxy groups -OCH3 is 1. The zero-order valence-electron chi connectivity index (χ0n) is 14.2. The van der Waals surface area contributed by atoms with Crippen LogP contribution in [0.25, 0.3) is 5.57 Å². The molecule has 25 heavy (non-hydrogen) atoms. The van der Waals surface area contributed by atoms with Crippen molar-refractivity contribution in [3.63, 3.8) is 0 Å². The minimum Gasteiger partial charge on any atom is -0.481 e. The summed E-state index contributed by atoms with van der Waals surface area (Å²) < 4.78 is 5.54. The number of ether oxygens (including phenoxy) is 1. The maximum Gasteiger partial charge on any atom is 0.220 e. The number of rotatable bonds is 5. The molecule has 2 aliphatic rings. The molecule has 1 aliphatic heterocycles. The molecular weight excluding hydrogens is 314 g/mol. The molecule has 2 aromatic heterocycles. The van der Waals surface area contributed by atoms with Crippen LogP contribution < -0.4 is 10.1 Å². The van der Waals surface area contributed by atoms with Gasteiger partial charge >= 0.3 is 0 Å². The van der Waals surface area contributed by atoms with Gasteiger partial charge < -0.3 is 10.1 Å². The lowest BCUT2D eigenvalue weighted by Gasteiger charge is -2.14. The smallest absolute Gasteiger partial charge is 0.220 e. The number of nitrogens with one attached hydrogen (secondary N) is 1. The van der Waals surface area contributed by atoms with Crippen LogP contribution in [0.5, 0.6) is 5.88 Å². The average molecular weight is 335 g/mol. The Hall–Kier alpha value is -2.69. The van der Waals surface area contributed by atoms with Crippen molar-refractivity contribution < 1.29 is 9.53 Å². The maximum atomic E-state index is 11.5. The lowest BCUT2D eigenvalue weighted by Crippen LogP contribution is -2.23. The maximum absolute atomic E-state index is 11.5. The van der Waals surface area contributed by atoms with Crippen LogP contribution in [-0.2, 0) is 4.79 Å². The van der Waals surface area contributed by atoms with Gasteiger partial charge in [0.25, 0.3) is 0 Å². The number of pyridine rings is 2. The molecule has 4 rings (SSSR count). The summed E-state index contributed by atoms with van der Waals surface area (Å²) in [5, 5.41) is 3.00. The van der Waals surface area contributed by atoms with E-state index in [-0.39, 0.29) is 11.9 Å². The van der Waals surface area contributed by atoms with Gasteiger partial charge in [-0.05, 0) is 48.9 Å². The SMILES string of the molecule is COc1nc(C(=C[C@H]2CCC(=O)N2)c2ccncc2)ccc1C1CC1. The van der Waals surface area contributed by atoms with Crippen LogP contribution in [0, 0.1) is 0 Å². The third-order valence-electron chi connectivity index (χ3n) is 4.76. The molecule has 0 aromatic carbocycles. The minimum atomic E-state index is 0.0339. The van der Waals surface area contributed by atoms with Gasteiger partial charge in [-0.2, -0.15) is 0 Å². The molecule has 3 heterocycles. The van der Waals surface area contributed by atoms with E-state index in [0.29, 0.717) is 18.2 Å². The van der Waals surface area contributed by atoms with Gasteiger partial charge in [-0.15, -0.1) is 0 Å². The standard InChI is InChI=1S/C20H21N3O2/c1-25-20-16(13-2-3-13)5-6-18(23-20)17(14-8-10-21-11-9-14)12-15-4-7-19(24)22-15/h5-6,8-13,15H,2-4,7H2,1H3,(H,22,24)/t15-/m1/s1. The highest BCUT2D eigenvalue weighted by atomic mass is 16.5. The topological polar surface area (TPSA) is 64.1 Å². The second-order valence-corrected chi connectivity index (χ2v) is 6.60. The monoisotopic (exact) mass is 335 g/mol. The summed E-state index contributed by atoms with van der Waals surface area (Å²) in [6.45, 7) is 0. The van der Waals surface area contributed by atoms with Crippen LogP contribution in [0.2, 0.25) is 0 Å². The van der Waals surface area contributed by atoms with Crippen molar-refractivity contribution in [3.05, 3.63) is 59.6 Å². The van der Waals surface area contributed by atoms with E-state index in [1.54, 1.807) is 19.5 Å². The third-order valence-corrected chi connectivity index (χ3v) is 4.76. The molecule has 1 saturated carbocycles. The molecule has 0 bridgehead atoms. The summed E-state index contributed by atoms with van der Waals surface area (Å²) in [7, 11) is 1.67. The van der Waals surface area contributed by atoms with Crippen LogP contribution in [0.1, 0.15) is 48.4 Å². The molecule has 5 heteroatoms. The predicted molar refractivity (Wildman–Crippen MR) is 95.2 cm³/mol. The van der Waals surface area contributed by atoms with Crippen molar-refractivity contribution >= 4 is 11.5 Å². The summed E-state index contributed by atoms with van der Waals surface area (Å²) in [5.74, 6) is 1.39. The van der Waals surface area contributed by atoms with E-state index in [1.807, 2.05) is 12.1 Å². The highest BCUT2D eigenvalue weighted by Crippen LogP contribution is 2.44. The molecule has 0 radical (unpaired) electrons. The first kappa shape index (κ1) is 15.8. The van der Waals surface area contributed by atoms with Gasteiger partial charge in [0, 0.05) is 36.0 Å². The first-order chi connectivity index (χ1) is 12.2. The summed E-state index contributed by atoms with van der Waals surface area (Å²) in [6.07, 6.45) is 9.43. The number of carbonyl (C=O) groups is 1. The number of aromatic nitrogens is 2. The van der Waals surface area contributed by atoms with Gasteiger partial charge in [-0.25, -0.2) is 4.98 Å². The lowest BCUT2D eigenvalue weighted by atomic mass is 9.99. The first-order valence-electron chi connectivity index (χ1n) is 8.71. The predicted octanol–water partition coefficient (Wildman–Crippen LogP) is 3.07. The third kappa shape index (κ3) is 3.40. The van der Waals surface area contributed by atoms with E-state index in [2.05, 4.69) is 28.5 Å². The Kier molecular flexibility index (Phi) is 4.22. The van der Waals surface area contributed by atoms with E-state index in [1.165, 1.54) is 18.4 Å². The van der Waals surface area contributed by atoms with Gasteiger partial charge in [0.1, 0.15) is 0 Å². The van der Waals surface area contributed by atoms with Gasteiger partial charge in [0.15, 0.2) is 0 Å². The van der Waals surface area contributed by atoms with E-state index in [4.69, 9.17) is 9.72 Å². The summed E-state index contributed by atoms with van der Waals surface area (Å²) >= 11 is 0. The molecule has 1 atom stereocenters. The molecule has 1 N–H and O–H groups in total. The van der Waals surface area contributed by atoms with Crippen molar-refractivity contribution in [2.24, 2.45) is 0 Å². The lowest BCUT2D eigenvalue weighted by molar-refractivity contribution is -0.119. The fourth-order valence-corrected chi connectivity index (χ4v) is 3.29. The van der Waals surface area contributed by atoms with Crippen LogP contribution >= 0.6 is 0 Å². The second-order valence-electron chi connectivity index (χ2n) is 6.60. The highest BCUT2D eigenvalue weighted by Gasteiger charge is 2.28. The van der Waals surface area contributed by atoms with E-state index in [0.717, 1.165) is 23.3 Å². The molecule has 2 fully saturated rings. The Morgan fingerprint density at radius 1 is 1.20 bits per heavy atom.